The number of hydrogen-bond acceptors (Lipinski definition) is 6. The Labute approximate surface area is 169 Å². The molecule has 158 valence electrons. The molecule has 1 atom stereocenters. The van der Waals surface area contributed by atoms with Gasteiger partial charge in [-0.1, -0.05) is 0 Å². The zero-order valence-electron chi connectivity index (χ0n) is 15.8. The number of imidazole rings is 1. The fraction of sp³-hybridized carbons (Fsp3) is 0.263. The van der Waals surface area contributed by atoms with Crippen LogP contribution < -0.4 is 10.1 Å². The molecule has 0 fully saturated rings. The van der Waals surface area contributed by atoms with Crippen molar-refractivity contribution in [3.05, 3.63) is 66.6 Å². The van der Waals surface area contributed by atoms with Gasteiger partial charge in [-0.25, -0.2) is 9.97 Å². The zero-order valence-corrected chi connectivity index (χ0v) is 15.8. The van der Waals surface area contributed by atoms with Crippen molar-refractivity contribution < 1.29 is 27.8 Å². The van der Waals surface area contributed by atoms with Crippen LogP contribution in [0.5, 0.6) is 5.75 Å². The SMILES string of the molecule is Cn1ccnc1C(O)(CC(=O)Nc1ncccc1OCc1ccncc1)C(F)(F)F. The number of hydrogen-bond donors (Lipinski definition) is 2. The van der Waals surface area contributed by atoms with Crippen molar-refractivity contribution in [3.8, 4) is 5.75 Å². The van der Waals surface area contributed by atoms with Crippen molar-refractivity contribution in [1.29, 1.82) is 0 Å². The number of carbonyl (C=O) groups excluding carboxylic acids is 1. The number of rotatable bonds is 7. The lowest BCUT2D eigenvalue weighted by atomic mass is 9.97. The highest BCUT2D eigenvalue weighted by Gasteiger charge is 2.58. The number of carbonyl (C=O) groups is 1. The lowest BCUT2D eigenvalue weighted by Gasteiger charge is -2.29. The second kappa shape index (κ2) is 8.49. The lowest BCUT2D eigenvalue weighted by Crippen LogP contribution is -2.46. The molecule has 3 aromatic heterocycles. The number of aromatic nitrogens is 4. The van der Waals surface area contributed by atoms with Crippen LogP contribution in [0.2, 0.25) is 0 Å². The Kier molecular flexibility index (Phi) is 6.01. The minimum absolute atomic E-state index is 0.0686. The largest absolute Gasteiger partial charge is 0.485 e. The quantitative estimate of drug-likeness (QED) is 0.608. The summed E-state index contributed by atoms with van der Waals surface area (Å²) >= 11 is 0. The van der Waals surface area contributed by atoms with Gasteiger partial charge in [0.15, 0.2) is 17.4 Å². The molecule has 1 amide bonds. The van der Waals surface area contributed by atoms with Crippen molar-refractivity contribution in [1.82, 2.24) is 19.5 Å². The van der Waals surface area contributed by atoms with Crippen molar-refractivity contribution in [2.45, 2.75) is 24.8 Å². The van der Waals surface area contributed by atoms with Gasteiger partial charge in [-0.2, -0.15) is 13.2 Å². The molecule has 11 heteroatoms. The van der Waals surface area contributed by atoms with Gasteiger partial charge in [-0.05, 0) is 29.8 Å². The summed E-state index contributed by atoms with van der Waals surface area (Å²) in [6.07, 6.45) is 0.432. The summed E-state index contributed by atoms with van der Waals surface area (Å²) in [6, 6.07) is 6.52. The van der Waals surface area contributed by atoms with Crippen LogP contribution in [0.4, 0.5) is 19.0 Å². The third-order valence-electron chi connectivity index (χ3n) is 4.25. The minimum Gasteiger partial charge on any atom is -0.485 e. The Morgan fingerprint density at radius 1 is 1.17 bits per heavy atom. The molecule has 0 aliphatic heterocycles. The number of pyridine rings is 2. The molecule has 0 bridgehead atoms. The predicted octanol–water partition coefficient (Wildman–Crippen LogP) is 2.57. The Bertz CT molecular complexity index is 1010. The molecule has 2 N–H and O–H groups in total. The molecule has 8 nitrogen and oxygen atoms in total. The fourth-order valence-electron chi connectivity index (χ4n) is 2.72. The Hall–Kier alpha value is -3.47. The summed E-state index contributed by atoms with van der Waals surface area (Å²) in [5, 5.41) is 12.6. The van der Waals surface area contributed by atoms with E-state index in [2.05, 4.69) is 20.3 Å². The number of aliphatic hydroxyl groups is 1. The van der Waals surface area contributed by atoms with Crippen LogP contribution in [0.1, 0.15) is 17.8 Å². The summed E-state index contributed by atoms with van der Waals surface area (Å²) in [5.41, 5.74) is -2.67. The topological polar surface area (TPSA) is 102 Å². The van der Waals surface area contributed by atoms with Gasteiger partial charge in [0, 0.05) is 38.0 Å². The summed E-state index contributed by atoms with van der Waals surface area (Å²) in [4.78, 5) is 23.8. The number of amides is 1. The van der Waals surface area contributed by atoms with Gasteiger partial charge in [-0.3, -0.25) is 9.78 Å². The highest BCUT2D eigenvalue weighted by atomic mass is 19.4. The normalized spacial score (nSPS) is 13.5. The van der Waals surface area contributed by atoms with Crippen molar-refractivity contribution in [2.75, 3.05) is 5.32 Å². The number of ether oxygens (including phenoxy) is 1. The van der Waals surface area contributed by atoms with E-state index < -0.39 is 29.9 Å². The highest BCUT2D eigenvalue weighted by molar-refractivity contribution is 5.91. The van der Waals surface area contributed by atoms with Crippen molar-refractivity contribution in [2.24, 2.45) is 7.05 Å². The first-order valence-electron chi connectivity index (χ1n) is 8.74. The lowest BCUT2D eigenvalue weighted by molar-refractivity contribution is -0.270. The predicted molar refractivity (Wildman–Crippen MR) is 99.2 cm³/mol. The number of nitrogens with one attached hydrogen (secondary N) is 1. The molecule has 0 aliphatic carbocycles. The maximum absolute atomic E-state index is 13.6. The average molecular weight is 421 g/mol. The summed E-state index contributed by atoms with van der Waals surface area (Å²) in [7, 11) is 1.29. The Morgan fingerprint density at radius 2 is 1.90 bits per heavy atom. The van der Waals surface area contributed by atoms with Crippen LogP contribution >= 0.6 is 0 Å². The van der Waals surface area contributed by atoms with Crippen LogP contribution in [-0.2, 0) is 24.1 Å². The number of nitrogens with zero attached hydrogens (tertiary/aromatic N) is 4. The van der Waals surface area contributed by atoms with Crippen LogP contribution in [0, 0.1) is 0 Å². The smallest absolute Gasteiger partial charge is 0.425 e. The first-order chi connectivity index (χ1) is 14.2. The van der Waals surface area contributed by atoms with Gasteiger partial charge in [0.05, 0.1) is 6.42 Å². The molecular formula is C19H18F3N5O3. The van der Waals surface area contributed by atoms with E-state index in [1.165, 1.54) is 25.5 Å². The van der Waals surface area contributed by atoms with Gasteiger partial charge in [0.2, 0.25) is 11.5 Å². The van der Waals surface area contributed by atoms with E-state index in [1.807, 2.05) is 0 Å². The number of alkyl halides is 3. The monoisotopic (exact) mass is 421 g/mol. The molecular weight excluding hydrogens is 403 g/mol. The fourth-order valence-corrected chi connectivity index (χ4v) is 2.72. The molecule has 3 heterocycles. The van der Waals surface area contributed by atoms with E-state index in [4.69, 9.17) is 4.74 Å². The maximum atomic E-state index is 13.6. The second-order valence-electron chi connectivity index (χ2n) is 6.44. The van der Waals surface area contributed by atoms with Gasteiger partial charge >= 0.3 is 6.18 Å². The van der Waals surface area contributed by atoms with E-state index in [0.717, 1.165) is 16.3 Å². The molecule has 0 saturated heterocycles. The van der Waals surface area contributed by atoms with E-state index in [-0.39, 0.29) is 18.2 Å². The van der Waals surface area contributed by atoms with E-state index in [0.29, 0.717) is 0 Å². The van der Waals surface area contributed by atoms with Gasteiger partial charge in [0.1, 0.15) is 6.61 Å². The van der Waals surface area contributed by atoms with E-state index >= 15 is 0 Å². The number of aryl methyl sites for hydroxylation is 1. The van der Waals surface area contributed by atoms with Crippen molar-refractivity contribution in [3.63, 3.8) is 0 Å². The molecule has 1 unspecified atom stereocenters. The third-order valence-corrected chi connectivity index (χ3v) is 4.25. The van der Waals surface area contributed by atoms with Crippen LogP contribution in [0.3, 0.4) is 0 Å². The van der Waals surface area contributed by atoms with Crippen LogP contribution in [-0.4, -0.2) is 36.7 Å². The zero-order chi connectivity index (χ0) is 21.8. The molecule has 0 aliphatic rings. The van der Waals surface area contributed by atoms with Gasteiger partial charge < -0.3 is 19.7 Å². The Morgan fingerprint density at radius 3 is 2.53 bits per heavy atom. The van der Waals surface area contributed by atoms with Crippen LogP contribution in [0.25, 0.3) is 0 Å². The van der Waals surface area contributed by atoms with E-state index in [1.54, 1.807) is 30.6 Å². The number of anilines is 1. The maximum Gasteiger partial charge on any atom is 0.425 e. The molecule has 0 saturated carbocycles. The van der Waals surface area contributed by atoms with Crippen LogP contribution in [0.15, 0.2) is 55.2 Å². The highest BCUT2D eigenvalue weighted by Crippen LogP contribution is 2.41. The summed E-state index contributed by atoms with van der Waals surface area (Å²) in [6.45, 7) is 0.136. The van der Waals surface area contributed by atoms with Gasteiger partial charge in [0.25, 0.3) is 0 Å². The second-order valence-corrected chi connectivity index (χ2v) is 6.44. The van der Waals surface area contributed by atoms with Gasteiger partial charge in [-0.15, -0.1) is 0 Å². The summed E-state index contributed by atoms with van der Waals surface area (Å²) < 4.78 is 47.4. The Balaban J connectivity index is 1.76. The van der Waals surface area contributed by atoms with E-state index in [9.17, 15) is 23.1 Å². The molecule has 3 rings (SSSR count). The first kappa shape index (κ1) is 21.2. The molecule has 30 heavy (non-hydrogen) atoms. The molecule has 0 aromatic carbocycles. The average Bonchev–Trinajstić information content (AvgIpc) is 3.13. The first-order valence-corrected chi connectivity index (χ1v) is 8.74. The molecule has 3 aromatic rings. The molecule has 0 spiro atoms. The minimum atomic E-state index is -5.13. The third kappa shape index (κ3) is 4.57. The number of halogens is 3. The standard InChI is InChI=1S/C19H18F3N5O3/c1-27-10-9-25-17(27)18(29,19(20,21)22)11-15(28)26-16-14(3-2-6-24-16)30-12-13-4-7-23-8-5-13/h2-10,29H,11-12H2,1H3,(H,24,26,28). The molecule has 0 radical (unpaired) electrons. The summed E-state index contributed by atoms with van der Waals surface area (Å²) in [5.74, 6) is -1.71. The van der Waals surface area contributed by atoms with Crippen molar-refractivity contribution >= 4 is 11.7 Å².